The van der Waals surface area contributed by atoms with E-state index in [4.69, 9.17) is 9.84 Å². The molecule has 1 aromatic heterocycles. The number of aryl methyl sites for hydroxylation is 1. The molecule has 1 aliphatic heterocycles. The maximum atomic E-state index is 13.4. The number of carbonyl (C=O) groups excluding carboxylic acids is 1. The molecule has 0 N–H and O–H groups in total. The van der Waals surface area contributed by atoms with Crippen LogP contribution < -0.4 is 9.64 Å². The Balaban J connectivity index is 1.30. The summed E-state index contributed by atoms with van der Waals surface area (Å²) in [5.41, 5.74) is 4.92. The Kier molecular flexibility index (Phi) is 6.04. The Hall–Kier alpha value is -4.06. The summed E-state index contributed by atoms with van der Waals surface area (Å²) in [6.45, 7) is 6.97. The zero-order valence-corrected chi connectivity index (χ0v) is 19.5. The Bertz CT molecular complexity index is 1280. The molecule has 6 heteroatoms. The Morgan fingerprint density at radius 1 is 0.794 bits per heavy atom. The number of hydrogen-bond donors (Lipinski definition) is 0. The average molecular weight is 453 g/mol. The molecular formula is C28H28N4O2. The van der Waals surface area contributed by atoms with Crippen molar-refractivity contribution < 1.29 is 9.53 Å². The van der Waals surface area contributed by atoms with Gasteiger partial charge in [0.05, 0.1) is 28.3 Å². The lowest BCUT2D eigenvalue weighted by molar-refractivity contribution is 0.0744. The van der Waals surface area contributed by atoms with Crippen molar-refractivity contribution in [3.63, 3.8) is 0 Å². The van der Waals surface area contributed by atoms with E-state index in [1.807, 2.05) is 82.4 Å². The molecule has 1 saturated heterocycles. The van der Waals surface area contributed by atoms with Crippen LogP contribution in [0.25, 0.3) is 5.69 Å². The number of rotatable bonds is 5. The largest absolute Gasteiger partial charge is 0.457 e. The van der Waals surface area contributed by atoms with Crippen LogP contribution in [0.15, 0.2) is 84.9 Å². The summed E-state index contributed by atoms with van der Waals surface area (Å²) in [6, 6.07) is 27.2. The summed E-state index contributed by atoms with van der Waals surface area (Å²) in [5, 5.41) is 4.79. The second-order valence-corrected chi connectivity index (χ2v) is 8.46. The van der Waals surface area contributed by atoms with E-state index in [0.717, 1.165) is 35.9 Å². The van der Waals surface area contributed by atoms with Crippen molar-refractivity contribution in [3.8, 4) is 17.2 Å². The third kappa shape index (κ3) is 4.27. The third-order valence-corrected chi connectivity index (χ3v) is 6.23. The molecule has 4 aromatic rings. The average Bonchev–Trinajstić information content (AvgIpc) is 3.19. The van der Waals surface area contributed by atoms with Crippen molar-refractivity contribution in [1.82, 2.24) is 14.7 Å². The van der Waals surface area contributed by atoms with Crippen molar-refractivity contribution in [2.24, 2.45) is 0 Å². The smallest absolute Gasteiger partial charge is 0.257 e. The molecule has 0 radical (unpaired) electrons. The number of carbonyl (C=O) groups is 1. The number of benzene rings is 3. The molecular weight excluding hydrogens is 424 g/mol. The van der Waals surface area contributed by atoms with Gasteiger partial charge in [0.15, 0.2) is 0 Å². The topological polar surface area (TPSA) is 50.6 Å². The van der Waals surface area contributed by atoms with Crippen LogP contribution in [0.3, 0.4) is 0 Å². The van der Waals surface area contributed by atoms with Crippen molar-refractivity contribution in [2.45, 2.75) is 13.8 Å². The van der Waals surface area contributed by atoms with Gasteiger partial charge in [0.2, 0.25) is 0 Å². The maximum absolute atomic E-state index is 13.4. The number of aromatic nitrogens is 2. The Labute approximate surface area is 200 Å². The monoisotopic (exact) mass is 452 g/mol. The quantitative estimate of drug-likeness (QED) is 0.415. The second kappa shape index (κ2) is 9.43. The molecule has 1 aliphatic rings. The lowest BCUT2D eigenvalue weighted by Gasteiger charge is -2.36. The maximum Gasteiger partial charge on any atom is 0.257 e. The highest BCUT2D eigenvalue weighted by atomic mass is 16.5. The van der Waals surface area contributed by atoms with E-state index in [-0.39, 0.29) is 5.91 Å². The normalized spacial score (nSPS) is 13.7. The standard InChI is InChI=1S/C28H28N4O2/c1-21-27(22(2)32(29-21)23-11-5-3-6-12-23)30-17-19-31(20-18-30)28(33)25-15-9-10-16-26(25)34-24-13-7-4-8-14-24/h3-16H,17-20H2,1-2H3. The van der Waals surface area contributed by atoms with Gasteiger partial charge in [0, 0.05) is 26.2 Å². The summed E-state index contributed by atoms with van der Waals surface area (Å²) in [5.74, 6) is 1.30. The highest BCUT2D eigenvalue weighted by Crippen LogP contribution is 2.29. The number of ether oxygens (including phenoxy) is 1. The van der Waals surface area contributed by atoms with E-state index in [1.165, 1.54) is 0 Å². The molecule has 0 saturated carbocycles. The third-order valence-electron chi connectivity index (χ3n) is 6.23. The van der Waals surface area contributed by atoms with Gasteiger partial charge in [-0.3, -0.25) is 4.79 Å². The van der Waals surface area contributed by atoms with Crippen molar-refractivity contribution in [1.29, 1.82) is 0 Å². The van der Waals surface area contributed by atoms with Crippen molar-refractivity contribution >= 4 is 11.6 Å². The molecule has 3 aromatic carbocycles. The Morgan fingerprint density at radius 2 is 1.41 bits per heavy atom. The summed E-state index contributed by atoms with van der Waals surface area (Å²) in [6.07, 6.45) is 0. The van der Waals surface area contributed by atoms with E-state index in [0.29, 0.717) is 30.2 Å². The minimum absolute atomic E-state index is 0.000365. The van der Waals surface area contributed by atoms with Gasteiger partial charge >= 0.3 is 0 Å². The molecule has 0 atom stereocenters. The van der Waals surface area contributed by atoms with Crippen LogP contribution in [0, 0.1) is 13.8 Å². The van der Waals surface area contributed by atoms with Crippen molar-refractivity contribution in [2.75, 3.05) is 31.1 Å². The van der Waals surface area contributed by atoms with Gasteiger partial charge in [-0.05, 0) is 50.2 Å². The van der Waals surface area contributed by atoms with Crippen LogP contribution in [0.2, 0.25) is 0 Å². The van der Waals surface area contributed by atoms with Crippen LogP contribution in [0.5, 0.6) is 11.5 Å². The van der Waals surface area contributed by atoms with Crippen LogP contribution in [-0.2, 0) is 0 Å². The molecule has 1 fully saturated rings. The fourth-order valence-corrected chi connectivity index (χ4v) is 4.56. The minimum Gasteiger partial charge on any atom is -0.457 e. The highest BCUT2D eigenvalue weighted by Gasteiger charge is 2.27. The van der Waals surface area contributed by atoms with Gasteiger partial charge in [-0.2, -0.15) is 5.10 Å². The number of piperazine rings is 1. The van der Waals surface area contributed by atoms with E-state index in [2.05, 4.69) is 30.9 Å². The van der Waals surface area contributed by atoms with E-state index < -0.39 is 0 Å². The molecule has 0 bridgehead atoms. The lowest BCUT2D eigenvalue weighted by Crippen LogP contribution is -2.49. The second-order valence-electron chi connectivity index (χ2n) is 8.46. The number of anilines is 1. The summed E-state index contributed by atoms with van der Waals surface area (Å²) in [7, 11) is 0. The van der Waals surface area contributed by atoms with Crippen LogP contribution >= 0.6 is 0 Å². The zero-order valence-electron chi connectivity index (χ0n) is 19.5. The molecule has 34 heavy (non-hydrogen) atoms. The number of para-hydroxylation sites is 3. The van der Waals surface area contributed by atoms with Crippen LogP contribution in [0.1, 0.15) is 21.7 Å². The molecule has 0 spiro atoms. The van der Waals surface area contributed by atoms with Crippen molar-refractivity contribution in [3.05, 3.63) is 102 Å². The summed E-state index contributed by atoms with van der Waals surface area (Å²) >= 11 is 0. The molecule has 5 rings (SSSR count). The first-order valence-corrected chi connectivity index (χ1v) is 11.6. The first-order chi connectivity index (χ1) is 16.6. The predicted octanol–water partition coefficient (Wildman–Crippen LogP) is 5.24. The predicted molar refractivity (Wildman–Crippen MR) is 134 cm³/mol. The number of amides is 1. The lowest BCUT2D eigenvalue weighted by atomic mass is 10.1. The minimum atomic E-state index is -0.000365. The number of nitrogens with zero attached hydrogens (tertiary/aromatic N) is 4. The fourth-order valence-electron chi connectivity index (χ4n) is 4.56. The summed E-state index contributed by atoms with van der Waals surface area (Å²) < 4.78 is 8.02. The van der Waals surface area contributed by atoms with Gasteiger partial charge in [-0.1, -0.05) is 48.5 Å². The van der Waals surface area contributed by atoms with E-state index >= 15 is 0 Å². The molecule has 172 valence electrons. The van der Waals surface area contributed by atoms with E-state index in [1.54, 1.807) is 0 Å². The van der Waals surface area contributed by atoms with Gasteiger partial charge in [-0.25, -0.2) is 4.68 Å². The van der Waals surface area contributed by atoms with Gasteiger partial charge < -0.3 is 14.5 Å². The van der Waals surface area contributed by atoms with Gasteiger partial charge in [-0.15, -0.1) is 0 Å². The molecule has 6 nitrogen and oxygen atoms in total. The molecule has 1 amide bonds. The molecule has 2 heterocycles. The van der Waals surface area contributed by atoms with Crippen LogP contribution in [-0.4, -0.2) is 46.8 Å². The molecule has 0 unspecified atom stereocenters. The first-order valence-electron chi connectivity index (χ1n) is 11.6. The van der Waals surface area contributed by atoms with E-state index in [9.17, 15) is 4.79 Å². The highest BCUT2D eigenvalue weighted by molar-refractivity contribution is 5.97. The molecule has 0 aliphatic carbocycles. The Morgan fingerprint density at radius 3 is 2.12 bits per heavy atom. The zero-order chi connectivity index (χ0) is 23.5. The number of hydrogen-bond acceptors (Lipinski definition) is 4. The van der Waals surface area contributed by atoms with Crippen LogP contribution in [0.4, 0.5) is 5.69 Å². The van der Waals surface area contributed by atoms with Gasteiger partial charge in [0.25, 0.3) is 5.91 Å². The first kappa shape index (κ1) is 21.8. The fraction of sp³-hybridized carbons (Fsp3) is 0.214. The summed E-state index contributed by atoms with van der Waals surface area (Å²) in [4.78, 5) is 17.6. The van der Waals surface area contributed by atoms with Gasteiger partial charge in [0.1, 0.15) is 11.5 Å². The SMILES string of the molecule is Cc1nn(-c2ccccc2)c(C)c1N1CCN(C(=O)c2ccccc2Oc2ccccc2)CC1.